The van der Waals surface area contributed by atoms with Gasteiger partial charge in [0.05, 0.1) is 16.2 Å². The van der Waals surface area contributed by atoms with Crippen molar-refractivity contribution in [1.82, 2.24) is 0 Å². The molecule has 0 atom stereocenters. The van der Waals surface area contributed by atoms with Crippen molar-refractivity contribution in [3.05, 3.63) is 62.1 Å². The summed E-state index contributed by atoms with van der Waals surface area (Å²) in [5, 5.41) is 22.7. The van der Waals surface area contributed by atoms with E-state index in [0.717, 1.165) is 0 Å². The molecule has 2 N–H and O–H groups in total. The number of aryl methyl sites for hydroxylation is 1. The Labute approximate surface area is 128 Å². The molecule has 21 heavy (non-hydrogen) atoms. The van der Waals surface area contributed by atoms with Gasteiger partial charge in [0.2, 0.25) is 0 Å². The van der Waals surface area contributed by atoms with E-state index in [-0.39, 0.29) is 11.3 Å². The topological polar surface area (TPSA) is 92.5 Å². The third kappa shape index (κ3) is 3.38. The van der Waals surface area contributed by atoms with Crippen molar-refractivity contribution < 1.29 is 14.8 Å². The Balaban J connectivity index is 2.28. The zero-order valence-electron chi connectivity index (χ0n) is 11.0. The Kier molecular flexibility index (Phi) is 4.23. The molecule has 0 saturated heterocycles. The second kappa shape index (κ2) is 5.92. The fourth-order valence-electron chi connectivity index (χ4n) is 1.86. The minimum absolute atomic E-state index is 0.00942. The molecule has 2 rings (SSSR count). The average molecular weight is 351 g/mol. The predicted molar refractivity (Wildman–Crippen MR) is 82.2 cm³/mol. The Morgan fingerprint density at radius 2 is 2.00 bits per heavy atom. The van der Waals surface area contributed by atoms with Gasteiger partial charge in [0.25, 0.3) is 5.69 Å². The van der Waals surface area contributed by atoms with E-state index in [4.69, 9.17) is 5.11 Å². The second-order valence-corrected chi connectivity index (χ2v) is 5.24. The molecule has 0 radical (unpaired) electrons. The van der Waals surface area contributed by atoms with Crippen molar-refractivity contribution in [2.75, 3.05) is 5.32 Å². The Morgan fingerprint density at radius 1 is 1.29 bits per heavy atom. The Bertz CT molecular complexity index is 731. The summed E-state index contributed by atoms with van der Waals surface area (Å²) in [6, 6.07) is 9.25. The molecule has 0 fully saturated rings. The van der Waals surface area contributed by atoms with Crippen molar-refractivity contribution >= 4 is 39.0 Å². The number of carbonyl (C=O) groups is 1. The highest BCUT2D eigenvalue weighted by atomic mass is 79.9. The lowest BCUT2D eigenvalue weighted by Gasteiger charge is -2.10. The molecule has 0 bridgehead atoms. The first kappa shape index (κ1) is 15.0. The standard InChI is InChI=1S/C14H11BrN2O4/c1-8-6-9(2-4-11(8)14(18)19)16-13-5-3-10(17(20)21)7-12(13)15/h2-7,16H,1H3,(H,18,19). The number of rotatable bonds is 4. The molecule has 0 aliphatic carbocycles. The molecular weight excluding hydrogens is 340 g/mol. The molecule has 0 saturated carbocycles. The van der Waals surface area contributed by atoms with Crippen LogP contribution in [0.5, 0.6) is 0 Å². The lowest BCUT2D eigenvalue weighted by Crippen LogP contribution is -2.00. The maximum absolute atomic E-state index is 11.0. The number of aromatic carboxylic acids is 1. The highest BCUT2D eigenvalue weighted by molar-refractivity contribution is 9.10. The zero-order valence-corrected chi connectivity index (χ0v) is 12.5. The van der Waals surface area contributed by atoms with Crippen LogP contribution in [-0.4, -0.2) is 16.0 Å². The van der Waals surface area contributed by atoms with Crippen molar-refractivity contribution in [1.29, 1.82) is 0 Å². The van der Waals surface area contributed by atoms with Gasteiger partial charge in [-0.15, -0.1) is 0 Å². The summed E-state index contributed by atoms with van der Waals surface area (Å²) in [6.07, 6.45) is 0. The number of non-ortho nitro benzene ring substituents is 1. The van der Waals surface area contributed by atoms with Gasteiger partial charge in [0.1, 0.15) is 0 Å². The van der Waals surface area contributed by atoms with Crippen LogP contribution in [0, 0.1) is 17.0 Å². The minimum Gasteiger partial charge on any atom is -0.478 e. The lowest BCUT2D eigenvalue weighted by molar-refractivity contribution is -0.384. The number of anilines is 2. The van der Waals surface area contributed by atoms with Crippen LogP contribution in [0.25, 0.3) is 0 Å². The first-order chi connectivity index (χ1) is 9.88. The predicted octanol–water partition coefficient (Wildman–Crippen LogP) is 4.11. The molecule has 0 aromatic heterocycles. The normalized spacial score (nSPS) is 10.2. The molecule has 2 aromatic rings. The maximum atomic E-state index is 11.0. The van der Waals surface area contributed by atoms with Crippen LogP contribution in [0.2, 0.25) is 0 Å². The van der Waals surface area contributed by atoms with Crippen molar-refractivity contribution in [3.8, 4) is 0 Å². The van der Waals surface area contributed by atoms with Crippen molar-refractivity contribution in [2.45, 2.75) is 6.92 Å². The maximum Gasteiger partial charge on any atom is 0.335 e. The first-order valence-electron chi connectivity index (χ1n) is 5.93. The molecule has 0 heterocycles. The lowest BCUT2D eigenvalue weighted by atomic mass is 10.1. The van der Waals surface area contributed by atoms with E-state index >= 15 is 0 Å². The molecule has 2 aromatic carbocycles. The zero-order chi connectivity index (χ0) is 15.6. The number of nitro benzene ring substituents is 1. The van der Waals surface area contributed by atoms with Gasteiger partial charge in [-0.25, -0.2) is 4.79 Å². The monoisotopic (exact) mass is 350 g/mol. The van der Waals surface area contributed by atoms with E-state index in [0.29, 0.717) is 21.4 Å². The van der Waals surface area contributed by atoms with E-state index in [1.165, 1.54) is 18.2 Å². The van der Waals surface area contributed by atoms with Crippen LogP contribution < -0.4 is 5.32 Å². The van der Waals surface area contributed by atoms with Gasteiger partial charge in [-0.1, -0.05) is 0 Å². The summed E-state index contributed by atoms with van der Waals surface area (Å²) in [6.45, 7) is 1.71. The highest BCUT2D eigenvalue weighted by Crippen LogP contribution is 2.30. The number of carboxylic acid groups (broad SMARTS) is 1. The smallest absolute Gasteiger partial charge is 0.335 e. The van der Waals surface area contributed by atoms with Gasteiger partial charge in [-0.05, 0) is 52.7 Å². The van der Waals surface area contributed by atoms with E-state index in [1.54, 1.807) is 25.1 Å². The average Bonchev–Trinajstić information content (AvgIpc) is 2.40. The Hall–Kier alpha value is -2.41. The quantitative estimate of drug-likeness (QED) is 0.639. The summed E-state index contributed by atoms with van der Waals surface area (Å²) in [7, 11) is 0. The summed E-state index contributed by atoms with van der Waals surface area (Å²) in [5.74, 6) is -0.976. The number of nitro groups is 1. The molecule has 0 amide bonds. The van der Waals surface area contributed by atoms with Crippen molar-refractivity contribution in [2.24, 2.45) is 0 Å². The van der Waals surface area contributed by atoms with Gasteiger partial charge in [0.15, 0.2) is 0 Å². The molecule has 108 valence electrons. The third-order valence-corrected chi connectivity index (χ3v) is 3.56. The Morgan fingerprint density at radius 3 is 2.52 bits per heavy atom. The molecule has 0 aliphatic heterocycles. The van der Waals surface area contributed by atoms with Crippen molar-refractivity contribution in [3.63, 3.8) is 0 Å². The fourth-order valence-corrected chi connectivity index (χ4v) is 2.32. The number of hydrogen-bond donors (Lipinski definition) is 2. The summed E-state index contributed by atoms with van der Waals surface area (Å²) in [5.41, 5.74) is 2.22. The van der Waals surface area contributed by atoms with E-state index in [1.807, 2.05) is 0 Å². The third-order valence-electron chi connectivity index (χ3n) is 2.90. The van der Waals surface area contributed by atoms with E-state index < -0.39 is 10.9 Å². The number of benzene rings is 2. The summed E-state index contributed by atoms with van der Waals surface area (Å²) < 4.78 is 0.552. The second-order valence-electron chi connectivity index (χ2n) is 4.38. The number of carboxylic acids is 1. The van der Waals surface area contributed by atoms with Gasteiger partial charge in [0, 0.05) is 22.3 Å². The summed E-state index contributed by atoms with van der Waals surface area (Å²) >= 11 is 3.27. The van der Waals surface area contributed by atoms with E-state index in [9.17, 15) is 14.9 Å². The van der Waals surface area contributed by atoms with Crippen LogP contribution >= 0.6 is 15.9 Å². The largest absolute Gasteiger partial charge is 0.478 e. The highest BCUT2D eigenvalue weighted by Gasteiger charge is 2.11. The molecule has 6 nitrogen and oxygen atoms in total. The molecule has 0 unspecified atom stereocenters. The number of nitrogens with one attached hydrogen (secondary N) is 1. The summed E-state index contributed by atoms with van der Waals surface area (Å²) in [4.78, 5) is 21.2. The van der Waals surface area contributed by atoms with Gasteiger partial charge in [-0.2, -0.15) is 0 Å². The van der Waals surface area contributed by atoms with Gasteiger partial charge in [-0.3, -0.25) is 10.1 Å². The van der Waals surface area contributed by atoms with Crippen LogP contribution in [0.4, 0.5) is 17.1 Å². The van der Waals surface area contributed by atoms with Gasteiger partial charge >= 0.3 is 5.97 Å². The van der Waals surface area contributed by atoms with Crippen LogP contribution in [0.15, 0.2) is 40.9 Å². The number of nitrogens with zero attached hydrogens (tertiary/aromatic N) is 1. The van der Waals surface area contributed by atoms with Gasteiger partial charge < -0.3 is 10.4 Å². The molecule has 7 heteroatoms. The van der Waals surface area contributed by atoms with E-state index in [2.05, 4.69) is 21.2 Å². The minimum atomic E-state index is -0.976. The number of halogens is 1. The van der Waals surface area contributed by atoms with Crippen LogP contribution in [0.3, 0.4) is 0 Å². The molecule has 0 aliphatic rings. The first-order valence-corrected chi connectivity index (χ1v) is 6.72. The fraction of sp³-hybridized carbons (Fsp3) is 0.0714. The number of hydrogen-bond acceptors (Lipinski definition) is 4. The molecule has 0 spiro atoms. The van der Waals surface area contributed by atoms with Crippen LogP contribution in [0.1, 0.15) is 15.9 Å². The molecular formula is C14H11BrN2O4. The van der Waals surface area contributed by atoms with Crippen LogP contribution in [-0.2, 0) is 0 Å². The SMILES string of the molecule is Cc1cc(Nc2ccc([N+](=O)[O-])cc2Br)ccc1C(=O)O.